The number of hydrogen-bond acceptors (Lipinski definition) is 11. The fourth-order valence-corrected chi connectivity index (χ4v) is 2.97. The van der Waals surface area contributed by atoms with Gasteiger partial charge in [-0.05, 0) is 12.2 Å². The van der Waals surface area contributed by atoms with E-state index in [2.05, 4.69) is 10.5 Å². The molecule has 12 nitrogen and oxygen atoms in total. The van der Waals surface area contributed by atoms with E-state index < -0.39 is 37.1 Å². The minimum absolute atomic E-state index is 0.0248. The molecule has 0 fully saturated rings. The standard InChI is InChI=1S/C14H10N4O8S/c1-27(24,25)11-6-7(2-3-17(11)21)13-15-14(26-16-13)8-4-9(18(22)23)12(20)10(19)5-8/h2-6,16,21H,1H3. The van der Waals surface area contributed by atoms with Gasteiger partial charge in [0.1, 0.15) is 0 Å². The van der Waals surface area contributed by atoms with Crippen LogP contribution in [-0.2, 0) is 24.3 Å². The summed E-state index contributed by atoms with van der Waals surface area (Å²) < 4.78 is 23.3. The van der Waals surface area contributed by atoms with Crippen molar-refractivity contribution >= 4 is 27.3 Å². The number of aliphatic imine (C=N–C) groups is 1. The van der Waals surface area contributed by atoms with Crippen LogP contribution in [0.5, 0.6) is 0 Å². The topological polar surface area (TPSA) is 169 Å². The van der Waals surface area contributed by atoms with Crippen LogP contribution in [0.4, 0.5) is 0 Å². The average molecular weight is 394 g/mol. The molecule has 0 aromatic rings. The highest BCUT2D eigenvalue weighted by Crippen LogP contribution is 2.24. The first kappa shape index (κ1) is 18.2. The van der Waals surface area contributed by atoms with Crippen LogP contribution in [0.15, 0.2) is 63.2 Å². The molecule has 0 aromatic heterocycles. The molecule has 3 rings (SSSR count). The van der Waals surface area contributed by atoms with Crippen LogP contribution in [-0.4, -0.2) is 47.3 Å². The lowest BCUT2D eigenvalue weighted by Crippen LogP contribution is -2.25. The Morgan fingerprint density at radius 3 is 2.63 bits per heavy atom. The Balaban J connectivity index is 2.01. The molecule has 0 amide bonds. The van der Waals surface area contributed by atoms with E-state index in [1.165, 1.54) is 6.08 Å². The molecule has 2 heterocycles. The molecule has 140 valence electrons. The van der Waals surface area contributed by atoms with Crippen molar-refractivity contribution in [2.45, 2.75) is 0 Å². The van der Waals surface area contributed by atoms with Crippen molar-refractivity contribution in [3.05, 3.63) is 68.3 Å². The predicted octanol–water partition coefficient (Wildman–Crippen LogP) is -0.525. The summed E-state index contributed by atoms with van der Waals surface area (Å²) >= 11 is 0. The molecule has 0 saturated heterocycles. The fraction of sp³-hybridized carbons (Fsp3) is 0.0714. The predicted molar refractivity (Wildman–Crippen MR) is 87.5 cm³/mol. The molecule has 1 aliphatic carbocycles. The van der Waals surface area contributed by atoms with Gasteiger partial charge in [-0.25, -0.2) is 19.0 Å². The number of carbonyl (C=O) groups is 2. The van der Waals surface area contributed by atoms with Gasteiger partial charge < -0.3 is 4.84 Å². The second kappa shape index (κ2) is 6.30. The van der Waals surface area contributed by atoms with Crippen molar-refractivity contribution in [1.29, 1.82) is 0 Å². The Hall–Kier alpha value is -3.58. The molecule has 0 radical (unpaired) electrons. The van der Waals surface area contributed by atoms with Crippen LogP contribution >= 0.6 is 0 Å². The summed E-state index contributed by atoms with van der Waals surface area (Å²) in [5.74, 6) is -2.56. The van der Waals surface area contributed by atoms with E-state index in [0.29, 0.717) is 5.06 Å². The van der Waals surface area contributed by atoms with Crippen molar-refractivity contribution < 1.29 is 33.0 Å². The number of hydroxylamine groups is 3. The first-order valence-corrected chi connectivity index (χ1v) is 8.98. The molecular weight excluding hydrogens is 384 g/mol. The molecular formula is C14H10N4O8S. The smallest absolute Gasteiger partial charge is 0.321 e. The van der Waals surface area contributed by atoms with Crippen molar-refractivity contribution in [2.24, 2.45) is 4.99 Å². The number of rotatable bonds is 3. The third-order valence-corrected chi connectivity index (χ3v) is 4.55. The van der Waals surface area contributed by atoms with Gasteiger partial charge in [-0.3, -0.25) is 24.9 Å². The zero-order valence-corrected chi connectivity index (χ0v) is 14.3. The highest BCUT2D eigenvalue weighted by molar-refractivity contribution is 7.94. The number of nitrogens with zero attached hydrogens (tertiary/aromatic N) is 3. The average Bonchev–Trinajstić information content (AvgIpc) is 3.06. The zero-order chi connectivity index (χ0) is 19.9. The number of nitrogens with one attached hydrogen (secondary N) is 1. The van der Waals surface area contributed by atoms with Gasteiger partial charge in [-0.1, -0.05) is 0 Å². The number of ketones is 2. The van der Waals surface area contributed by atoms with E-state index in [0.717, 1.165) is 30.7 Å². The minimum atomic E-state index is -3.75. The maximum absolute atomic E-state index is 11.7. The van der Waals surface area contributed by atoms with E-state index in [-0.39, 0.29) is 22.9 Å². The molecule has 2 aliphatic heterocycles. The minimum Gasteiger partial charge on any atom is -0.359 e. The summed E-state index contributed by atoms with van der Waals surface area (Å²) in [6, 6.07) is 0. The second-order valence-corrected chi connectivity index (χ2v) is 7.38. The largest absolute Gasteiger partial charge is 0.359 e. The summed E-state index contributed by atoms with van der Waals surface area (Å²) in [4.78, 5) is 42.1. The molecule has 0 bridgehead atoms. The third-order valence-electron chi connectivity index (χ3n) is 3.49. The molecule has 0 spiro atoms. The van der Waals surface area contributed by atoms with Gasteiger partial charge in [-0.2, -0.15) is 4.99 Å². The Bertz CT molecular complexity index is 1070. The number of nitro groups is 1. The lowest BCUT2D eigenvalue weighted by molar-refractivity contribution is -0.418. The van der Waals surface area contributed by atoms with Crippen LogP contribution in [0.2, 0.25) is 0 Å². The molecule has 0 aromatic carbocycles. The number of Topliss-reactive ketones (excluding diaryl/α,β-unsaturated/α-hetero) is 1. The molecule has 0 unspecified atom stereocenters. The molecule has 27 heavy (non-hydrogen) atoms. The fourth-order valence-electron chi connectivity index (χ4n) is 2.23. The quantitative estimate of drug-likeness (QED) is 0.275. The molecule has 13 heteroatoms. The normalized spacial score (nSPS) is 22.5. The SMILES string of the molecule is CS(=O)(=O)C1=CC(=C2N=C(C3=CC(=O)C(=O)C([N+](=O)[O-])=C3)ON2)C=CN1O. The van der Waals surface area contributed by atoms with Crippen LogP contribution < -0.4 is 5.48 Å². The number of allylic oxidation sites excluding steroid dienone is 5. The molecule has 0 atom stereocenters. The van der Waals surface area contributed by atoms with Gasteiger partial charge >= 0.3 is 11.5 Å². The van der Waals surface area contributed by atoms with Crippen LogP contribution in [0.1, 0.15) is 0 Å². The second-order valence-electron chi connectivity index (χ2n) is 5.42. The summed E-state index contributed by atoms with van der Waals surface area (Å²) in [5.41, 5.74) is 1.57. The van der Waals surface area contributed by atoms with E-state index in [4.69, 9.17) is 4.84 Å². The van der Waals surface area contributed by atoms with Gasteiger partial charge in [0.05, 0.1) is 10.5 Å². The molecule has 3 aliphatic rings. The van der Waals surface area contributed by atoms with Gasteiger partial charge in [-0.15, -0.1) is 0 Å². The zero-order valence-electron chi connectivity index (χ0n) is 13.4. The van der Waals surface area contributed by atoms with Crippen molar-refractivity contribution in [3.8, 4) is 0 Å². The van der Waals surface area contributed by atoms with Gasteiger partial charge in [0, 0.05) is 30.2 Å². The lowest BCUT2D eigenvalue weighted by atomic mass is 10.0. The van der Waals surface area contributed by atoms with E-state index in [1.807, 2.05) is 0 Å². The Morgan fingerprint density at radius 1 is 1.30 bits per heavy atom. The van der Waals surface area contributed by atoms with Crippen LogP contribution in [0.3, 0.4) is 0 Å². The maximum atomic E-state index is 11.7. The summed E-state index contributed by atoms with van der Waals surface area (Å²) in [7, 11) is -3.75. The van der Waals surface area contributed by atoms with Crippen molar-refractivity contribution in [2.75, 3.05) is 6.26 Å². The Kier molecular flexibility index (Phi) is 4.25. The first-order valence-electron chi connectivity index (χ1n) is 7.08. The third kappa shape index (κ3) is 3.40. The summed E-state index contributed by atoms with van der Waals surface area (Å²) in [6.45, 7) is 0. The van der Waals surface area contributed by atoms with Crippen molar-refractivity contribution in [3.63, 3.8) is 0 Å². The maximum Gasteiger partial charge on any atom is 0.321 e. The monoisotopic (exact) mass is 394 g/mol. The summed E-state index contributed by atoms with van der Waals surface area (Å²) in [5, 5.41) is 20.5. The number of hydrogen-bond donors (Lipinski definition) is 2. The van der Waals surface area contributed by atoms with Crippen molar-refractivity contribution in [1.82, 2.24) is 10.5 Å². The number of carbonyl (C=O) groups excluding carboxylic acids is 2. The summed E-state index contributed by atoms with van der Waals surface area (Å²) in [6.07, 6.45) is 6.11. The molecule has 0 saturated carbocycles. The van der Waals surface area contributed by atoms with Gasteiger partial charge in [0.15, 0.2) is 20.7 Å². The Morgan fingerprint density at radius 2 is 2.00 bits per heavy atom. The first-order chi connectivity index (χ1) is 12.6. The van der Waals surface area contributed by atoms with Gasteiger partial charge in [0.2, 0.25) is 5.78 Å². The lowest BCUT2D eigenvalue weighted by Gasteiger charge is -2.18. The highest BCUT2D eigenvalue weighted by Gasteiger charge is 2.34. The molecule has 2 N–H and O–H groups in total. The number of sulfone groups is 1. The highest BCUT2D eigenvalue weighted by atomic mass is 32.2. The van der Waals surface area contributed by atoms with E-state index >= 15 is 0 Å². The van der Waals surface area contributed by atoms with E-state index in [9.17, 15) is 33.3 Å². The van der Waals surface area contributed by atoms with Crippen LogP contribution in [0.25, 0.3) is 0 Å². The van der Waals surface area contributed by atoms with Crippen LogP contribution in [0, 0.1) is 10.1 Å². The van der Waals surface area contributed by atoms with Gasteiger partial charge in [0.25, 0.3) is 5.90 Å². The Labute approximate surface area is 151 Å². The van der Waals surface area contributed by atoms with E-state index in [1.54, 1.807) is 0 Å².